The molecule has 1 aliphatic heterocycles. The third kappa shape index (κ3) is 5.19. The second-order valence-corrected chi connectivity index (χ2v) is 6.86. The topological polar surface area (TPSA) is 137 Å². The Morgan fingerprint density at radius 3 is 2.96 bits per heavy atom. The van der Waals surface area contributed by atoms with Crippen LogP contribution in [0.3, 0.4) is 0 Å². The van der Waals surface area contributed by atoms with Gasteiger partial charge < -0.3 is 25.5 Å². The molecule has 2 aliphatic rings. The number of carbonyl (C=O) groups excluding carboxylic acids is 3. The highest BCUT2D eigenvalue weighted by Gasteiger charge is 2.34. The highest BCUT2D eigenvalue weighted by atomic mass is 16.6. The van der Waals surface area contributed by atoms with Crippen molar-refractivity contribution in [1.29, 1.82) is 0 Å². The van der Waals surface area contributed by atoms with Gasteiger partial charge in [0.2, 0.25) is 11.8 Å². The lowest BCUT2D eigenvalue weighted by Gasteiger charge is -2.33. The summed E-state index contributed by atoms with van der Waals surface area (Å²) in [5.41, 5.74) is 0. The van der Waals surface area contributed by atoms with Crippen LogP contribution in [0.1, 0.15) is 25.1 Å². The molecule has 3 rings (SSSR count). The van der Waals surface area contributed by atoms with Gasteiger partial charge in [0, 0.05) is 31.3 Å². The number of aliphatic hydroxyl groups is 1. The van der Waals surface area contributed by atoms with Crippen molar-refractivity contribution in [3.05, 3.63) is 18.2 Å². The highest BCUT2D eigenvalue weighted by molar-refractivity contribution is 5.83. The van der Waals surface area contributed by atoms with Crippen LogP contribution in [0.25, 0.3) is 0 Å². The van der Waals surface area contributed by atoms with Crippen LogP contribution < -0.4 is 10.6 Å². The molecule has 1 saturated heterocycles. The normalized spacial score (nSPS) is 25.1. The molecule has 3 atom stereocenters. The first-order valence-electron chi connectivity index (χ1n) is 9.18. The van der Waals surface area contributed by atoms with Crippen LogP contribution in [0.5, 0.6) is 0 Å². The fraction of sp³-hybridized carbons (Fsp3) is 0.647. The SMILES string of the molecule is O=C(CN1CCOC1=O)N[C@@H]1C[C@@H](C(=O)NCCc2ncc[nH]2)CC[C@H]1O. The molecule has 1 aromatic rings. The molecule has 0 radical (unpaired) electrons. The summed E-state index contributed by atoms with van der Waals surface area (Å²) in [7, 11) is 0. The summed E-state index contributed by atoms with van der Waals surface area (Å²) in [6, 6.07) is -0.509. The first kappa shape index (κ1) is 19.2. The van der Waals surface area contributed by atoms with Crippen LogP contribution in [0.15, 0.2) is 12.4 Å². The van der Waals surface area contributed by atoms with E-state index in [2.05, 4.69) is 20.6 Å². The Morgan fingerprint density at radius 2 is 2.26 bits per heavy atom. The molecule has 0 bridgehead atoms. The zero-order valence-electron chi connectivity index (χ0n) is 15.0. The van der Waals surface area contributed by atoms with E-state index in [1.54, 1.807) is 12.4 Å². The molecule has 1 saturated carbocycles. The van der Waals surface area contributed by atoms with Gasteiger partial charge in [0.25, 0.3) is 0 Å². The second-order valence-electron chi connectivity index (χ2n) is 6.86. The van der Waals surface area contributed by atoms with Gasteiger partial charge in [0.1, 0.15) is 19.0 Å². The molecule has 0 spiro atoms. The number of H-pyrrole nitrogens is 1. The average molecular weight is 379 g/mol. The van der Waals surface area contributed by atoms with Crippen LogP contribution in [-0.4, -0.2) is 76.3 Å². The summed E-state index contributed by atoms with van der Waals surface area (Å²) in [4.78, 5) is 44.3. The van der Waals surface area contributed by atoms with Crippen molar-refractivity contribution in [2.45, 2.75) is 37.8 Å². The maximum Gasteiger partial charge on any atom is 0.410 e. The van der Waals surface area contributed by atoms with Crippen LogP contribution in [0.4, 0.5) is 4.79 Å². The zero-order valence-corrected chi connectivity index (χ0v) is 15.0. The largest absolute Gasteiger partial charge is 0.448 e. The molecule has 10 nitrogen and oxygen atoms in total. The molecule has 27 heavy (non-hydrogen) atoms. The van der Waals surface area contributed by atoms with Gasteiger partial charge >= 0.3 is 6.09 Å². The molecule has 4 N–H and O–H groups in total. The smallest absolute Gasteiger partial charge is 0.410 e. The number of nitrogens with one attached hydrogen (secondary N) is 3. The number of cyclic esters (lactones) is 1. The summed E-state index contributed by atoms with van der Waals surface area (Å²) < 4.78 is 4.79. The van der Waals surface area contributed by atoms with Crippen molar-refractivity contribution < 1.29 is 24.2 Å². The van der Waals surface area contributed by atoms with E-state index in [0.717, 1.165) is 5.82 Å². The Kier molecular flexibility index (Phi) is 6.28. The summed E-state index contributed by atoms with van der Waals surface area (Å²) in [6.45, 7) is 1.01. The Hall–Kier alpha value is -2.62. The zero-order chi connectivity index (χ0) is 19.2. The van der Waals surface area contributed by atoms with Crippen molar-refractivity contribution in [2.24, 2.45) is 5.92 Å². The van der Waals surface area contributed by atoms with Gasteiger partial charge in [-0.25, -0.2) is 9.78 Å². The number of carbonyl (C=O) groups is 3. The quantitative estimate of drug-likeness (QED) is 0.488. The molecular weight excluding hydrogens is 354 g/mol. The summed E-state index contributed by atoms with van der Waals surface area (Å²) in [5, 5.41) is 15.8. The van der Waals surface area contributed by atoms with Crippen LogP contribution in [0, 0.1) is 5.92 Å². The number of hydrogen-bond donors (Lipinski definition) is 4. The van der Waals surface area contributed by atoms with Gasteiger partial charge in [-0.2, -0.15) is 0 Å². The minimum absolute atomic E-state index is 0.0872. The maximum atomic E-state index is 12.4. The molecular formula is C17H25N5O5. The third-order valence-corrected chi connectivity index (χ3v) is 4.93. The van der Waals surface area contributed by atoms with E-state index in [0.29, 0.717) is 38.8 Å². The van der Waals surface area contributed by atoms with Crippen molar-refractivity contribution >= 4 is 17.9 Å². The number of aromatic amines is 1. The molecule has 148 valence electrons. The lowest BCUT2D eigenvalue weighted by Crippen LogP contribution is -2.51. The Labute approximate surface area is 156 Å². The van der Waals surface area contributed by atoms with Gasteiger partial charge in [-0.1, -0.05) is 0 Å². The predicted molar refractivity (Wildman–Crippen MR) is 93.5 cm³/mol. The Balaban J connectivity index is 1.44. The number of aliphatic hydroxyl groups excluding tert-OH is 1. The van der Waals surface area contributed by atoms with Gasteiger partial charge in [-0.3, -0.25) is 14.5 Å². The molecule has 10 heteroatoms. The van der Waals surface area contributed by atoms with E-state index in [1.807, 2.05) is 0 Å². The van der Waals surface area contributed by atoms with E-state index in [1.165, 1.54) is 4.90 Å². The fourth-order valence-electron chi connectivity index (χ4n) is 3.43. The minimum Gasteiger partial charge on any atom is -0.448 e. The van der Waals surface area contributed by atoms with Crippen LogP contribution >= 0.6 is 0 Å². The number of hydrogen-bond acceptors (Lipinski definition) is 6. The van der Waals surface area contributed by atoms with Crippen LogP contribution in [-0.2, 0) is 20.7 Å². The lowest BCUT2D eigenvalue weighted by atomic mass is 9.83. The van der Waals surface area contributed by atoms with Crippen molar-refractivity contribution in [3.63, 3.8) is 0 Å². The third-order valence-electron chi connectivity index (χ3n) is 4.93. The first-order valence-corrected chi connectivity index (χ1v) is 9.18. The van der Waals surface area contributed by atoms with Gasteiger partial charge in [-0.05, 0) is 19.3 Å². The second kappa shape index (κ2) is 8.85. The molecule has 2 heterocycles. The molecule has 3 amide bonds. The van der Waals surface area contributed by atoms with E-state index in [4.69, 9.17) is 4.74 Å². The number of nitrogens with zero attached hydrogens (tertiary/aromatic N) is 2. The van der Waals surface area contributed by atoms with Crippen molar-refractivity contribution in [1.82, 2.24) is 25.5 Å². The Morgan fingerprint density at radius 1 is 1.41 bits per heavy atom. The molecule has 1 aromatic heterocycles. The lowest BCUT2D eigenvalue weighted by molar-refractivity contribution is -0.129. The van der Waals surface area contributed by atoms with E-state index >= 15 is 0 Å². The number of rotatable bonds is 7. The minimum atomic E-state index is -0.702. The van der Waals surface area contributed by atoms with Gasteiger partial charge in [-0.15, -0.1) is 0 Å². The van der Waals surface area contributed by atoms with Crippen molar-refractivity contribution in [3.8, 4) is 0 Å². The van der Waals surface area contributed by atoms with E-state index in [9.17, 15) is 19.5 Å². The standard InChI is InChI=1S/C17H25N5O5/c23-13-2-1-11(16(25)20-4-3-14-18-5-6-19-14)9-12(13)21-15(24)10-22-7-8-27-17(22)26/h5-6,11-13,23H,1-4,7-10H2,(H,18,19)(H,20,25)(H,21,24)/t11-,12+,13+/m0/s1. The maximum absolute atomic E-state index is 12.4. The highest BCUT2D eigenvalue weighted by Crippen LogP contribution is 2.25. The summed E-state index contributed by atoms with van der Waals surface area (Å²) in [5.74, 6) is 0.0830. The van der Waals surface area contributed by atoms with E-state index < -0.39 is 18.2 Å². The number of imidazole rings is 1. The molecule has 2 fully saturated rings. The molecule has 0 unspecified atom stereocenters. The fourth-order valence-corrected chi connectivity index (χ4v) is 3.43. The first-order chi connectivity index (χ1) is 13.0. The molecule has 1 aliphatic carbocycles. The number of aromatic nitrogens is 2. The average Bonchev–Trinajstić information content (AvgIpc) is 3.29. The number of amides is 3. The van der Waals surface area contributed by atoms with Crippen molar-refractivity contribution in [2.75, 3.05) is 26.2 Å². The van der Waals surface area contributed by atoms with Crippen LogP contribution in [0.2, 0.25) is 0 Å². The predicted octanol–water partition coefficient (Wildman–Crippen LogP) is -0.834. The summed E-state index contributed by atoms with van der Waals surface area (Å²) >= 11 is 0. The monoisotopic (exact) mass is 379 g/mol. The van der Waals surface area contributed by atoms with Gasteiger partial charge in [0.15, 0.2) is 0 Å². The Bertz CT molecular complexity index is 665. The van der Waals surface area contributed by atoms with Gasteiger partial charge in [0.05, 0.1) is 18.7 Å². The van der Waals surface area contributed by atoms with E-state index in [-0.39, 0.29) is 30.9 Å². The number of ether oxygens (including phenoxy) is 1. The molecule has 0 aromatic carbocycles. The summed E-state index contributed by atoms with van der Waals surface area (Å²) in [6.07, 6.45) is 4.16.